The van der Waals surface area contributed by atoms with E-state index < -0.39 is 11.9 Å². The summed E-state index contributed by atoms with van der Waals surface area (Å²) in [7, 11) is 1.91. The van der Waals surface area contributed by atoms with E-state index in [0.29, 0.717) is 13.2 Å². The number of carboxylic acids is 1. The highest BCUT2D eigenvalue weighted by Crippen LogP contribution is 2.30. The van der Waals surface area contributed by atoms with Crippen LogP contribution in [0.25, 0.3) is 0 Å². The molecule has 0 aliphatic carbocycles. The van der Waals surface area contributed by atoms with E-state index in [-0.39, 0.29) is 12.1 Å². The second-order valence-corrected chi connectivity index (χ2v) is 5.81. The van der Waals surface area contributed by atoms with E-state index in [9.17, 15) is 9.90 Å². The summed E-state index contributed by atoms with van der Waals surface area (Å²) in [6.45, 7) is 7.88. The van der Waals surface area contributed by atoms with Gasteiger partial charge in [-0.1, -0.05) is 6.92 Å². The maximum Gasteiger partial charge on any atom is 0.310 e. The zero-order valence-corrected chi connectivity index (χ0v) is 13.2. The van der Waals surface area contributed by atoms with Gasteiger partial charge in [0.2, 0.25) is 0 Å². The molecule has 2 rings (SSSR count). The SMILES string of the molecule is CCCN(C(C)c1cn(C)nc1C)C1COCC1C(=O)O. The molecule has 0 bridgehead atoms. The van der Waals surface area contributed by atoms with Crippen molar-refractivity contribution in [2.75, 3.05) is 19.8 Å². The summed E-state index contributed by atoms with van der Waals surface area (Å²) in [4.78, 5) is 13.7. The van der Waals surface area contributed by atoms with E-state index in [1.165, 1.54) is 0 Å². The van der Waals surface area contributed by atoms with Crippen molar-refractivity contribution in [3.05, 3.63) is 17.5 Å². The number of aromatic nitrogens is 2. The van der Waals surface area contributed by atoms with Gasteiger partial charge in [-0.25, -0.2) is 0 Å². The van der Waals surface area contributed by atoms with Gasteiger partial charge in [0.1, 0.15) is 0 Å². The van der Waals surface area contributed by atoms with Crippen LogP contribution in [-0.4, -0.2) is 51.6 Å². The maximum absolute atomic E-state index is 11.4. The van der Waals surface area contributed by atoms with Crippen molar-refractivity contribution in [1.29, 1.82) is 0 Å². The van der Waals surface area contributed by atoms with Crippen LogP contribution in [0.2, 0.25) is 0 Å². The smallest absolute Gasteiger partial charge is 0.310 e. The third-order valence-electron chi connectivity index (χ3n) is 4.27. The standard InChI is InChI=1S/C15H25N3O3/c1-5-6-18(14-9-21-8-13(14)15(19)20)11(3)12-7-17(4)16-10(12)2/h7,11,13-14H,5-6,8-9H2,1-4H3,(H,19,20). The Morgan fingerprint density at radius 2 is 2.33 bits per heavy atom. The predicted molar refractivity (Wildman–Crippen MR) is 79.1 cm³/mol. The second-order valence-electron chi connectivity index (χ2n) is 5.81. The number of carboxylic acid groups (broad SMARTS) is 1. The molecule has 6 heteroatoms. The van der Waals surface area contributed by atoms with Crippen molar-refractivity contribution in [1.82, 2.24) is 14.7 Å². The lowest BCUT2D eigenvalue weighted by molar-refractivity contribution is -0.143. The number of nitrogens with zero attached hydrogens (tertiary/aromatic N) is 3. The van der Waals surface area contributed by atoms with Gasteiger partial charge in [0, 0.05) is 30.9 Å². The average Bonchev–Trinajstić information content (AvgIpc) is 3.01. The molecular formula is C15H25N3O3. The van der Waals surface area contributed by atoms with Crippen molar-refractivity contribution >= 4 is 5.97 Å². The predicted octanol–water partition coefficient (Wildman–Crippen LogP) is 1.60. The van der Waals surface area contributed by atoms with Gasteiger partial charge in [0.05, 0.1) is 24.8 Å². The van der Waals surface area contributed by atoms with Crippen molar-refractivity contribution in [3.8, 4) is 0 Å². The van der Waals surface area contributed by atoms with Crippen LogP contribution in [0.1, 0.15) is 37.6 Å². The molecule has 3 unspecified atom stereocenters. The number of carbonyl (C=O) groups is 1. The normalized spacial score (nSPS) is 23.7. The van der Waals surface area contributed by atoms with Gasteiger partial charge >= 0.3 is 5.97 Å². The molecule has 1 saturated heterocycles. The lowest BCUT2D eigenvalue weighted by Crippen LogP contribution is -2.44. The fourth-order valence-corrected chi connectivity index (χ4v) is 3.22. The molecule has 0 saturated carbocycles. The summed E-state index contributed by atoms with van der Waals surface area (Å²) < 4.78 is 7.25. The first-order chi connectivity index (χ1) is 9.95. The summed E-state index contributed by atoms with van der Waals surface area (Å²) in [6, 6.07) is 0.0595. The van der Waals surface area contributed by atoms with Crippen LogP contribution >= 0.6 is 0 Å². The van der Waals surface area contributed by atoms with E-state index >= 15 is 0 Å². The van der Waals surface area contributed by atoms with Gasteiger partial charge in [-0.3, -0.25) is 14.4 Å². The maximum atomic E-state index is 11.4. The fraction of sp³-hybridized carbons (Fsp3) is 0.733. The molecule has 6 nitrogen and oxygen atoms in total. The Kier molecular flexibility index (Phi) is 5.00. The number of aryl methyl sites for hydroxylation is 2. The lowest BCUT2D eigenvalue weighted by Gasteiger charge is -2.35. The molecule has 0 spiro atoms. The Balaban J connectivity index is 2.25. The number of ether oxygens (including phenoxy) is 1. The number of hydrogen-bond donors (Lipinski definition) is 1. The molecule has 0 amide bonds. The number of hydrogen-bond acceptors (Lipinski definition) is 4. The Labute approximate surface area is 125 Å². The van der Waals surface area contributed by atoms with Crippen LogP contribution in [0.5, 0.6) is 0 Å². The number of aliphatic carboxylic acids is 1. The third-order valence-corrected chi connectivity index (χ3v) is 4.27. The van der Waals surface area contributed by atoms with Gasteiger partial charge < -0.3 is 9.84 Å². The van der Waals surface area contributed by atoms with Crippen molar-refractivity contribution < 1.29 is 14.6 Å². The van der Waals surface area contributed by atoms with Crippen molar-refractivity contribution in [2.24, 2.45) is 13.0 Å². The van der Waals surface area contributed by atoms with Crippen LogP contribution in [0.4, 0.5) is 0 Å². The zero-order chi connectivity index (χ0) is 15.6. The van der Waals surface area contributed by atoms with E-state index in [1.54, 1.807) is 0 Å². The molecule has 21 heavy (non-hydrogen) atoms. The summed E-state index contributed by atoms with van der Waals surface area (Å²) in [6.07, 6.45) is 3.00. The Bertz CT molecular complexity index is 500. The monoisotopic (exact) mass is 295 g/mol. The third kappa shape index (κ3) is 3.27. The van der Waals surface area contributed by atoms with Crippen LogP contribution in [0, 0.1) is 12.8 Å². The summed E-state index contributed by atoms with van der Waals surface area (Å²) in [5.74, 6) is -1.22. The number of rotatable bonds is 6. The van der Waals surface area contributed by atoms with Gasteiger partial charge in [-0.2, -0.15) is 5.10 Å². The molecule has 1 aliphatic heterocycles. The first kappa shape index (κ1) is 16.0. The van der Waals surface area contributed by atoms with E-state index in [1.807, 2.05) is 24.9 Å². The van der Waals surface area contributed by atoms with Crippen molar-refractivity contribution in [3.63, 3.8) is 0 Å². The highest BCUT2D eigenvalue weighted by atomic mass is 16.5. The largest absolute Gasteiger partial charge is 0.481 e. The molecule has 3 atom stereocenters. The fourth-order valence-electron chi connectivity index (χ4n) is 3.22. The summed E-state index contributed by atoms with van der Waals surface area (Å²) in [5, 5.41) is 13.8. The van der Waals surface area contributed by atoms with E-state index in [0.717, 1.165) is 24.2 Å². The minimum Gasteiger partial charge on any atom is -0.481 e. The second kappa shape index (κ2) is 6.58. The van der Waals surface area contributed by atoms with Gasteiger partial charge in [-0.05, 0) is 26.8 Å². The first-order valence-corrected chi connectivity index (χ1v) is 7.52. The van der Waals surface area contributed by atoms with Crippen LogP contribution in [0.3, 0.4) is 0 Å². The highest BCUT2D eigenvalue weighted by molar-refractivity contribution is 5.71. The Hall–Kier alpha value is -1.40. The molecular weight excluding hydrogens is 270 g/mol. The summed E-state index contributed by atoms with van der Waals surface area (Å²) >= 11 is 0. The molecule has 0 radical (unpaired) electrons. The van der Waals surface area contributed by atoms with Crippen LogP contribution in [0.15, 0.2) is 6.20 Å². The van der Waals surface area contributed by atoms with Gasteiger partial charge in [0.15, 0.2) is 0 Å². The molecule has 1 aromatic heterocycles. The van der Waals surface area contributed by atoms with E-state index in [2.05, 4.69) is 23.8 Å². The van der Waals surface area contributed by atoms with Crippen LogP contribution in [-0.2, 0) is 16.6 Å². The Morgan fingerprint density at radius 1 is 1.62 bits per heavy atom. The average molecular weight is 295 g/mol. The molecule has 1 aromatic rings. The van der Waals surface area contributed by atoms with Gasteiger partial charge in [-0.15, -0.1) is 0 Å². The zero-order valence-electron chi connectivity index (χ0n) is 13.2. The quantitative estimate of drug-likeness (QED) is 0.863. The molecule has 1 N–H and O–H groups in total. The minimum absolute atomic E-state index is 0.0722. The molecule has 0 aromatic carbocycles. The Morgan fingerprint density at radius 3 is 2.86 bits per heavy atom. The minimum atomic E-state index is -0.770. The topological polar surface area (TPSA) is 67.6 Å². The molecule has 2 heterocycles. The first-order valence-electron chi connectivity index (χ1n) is 7.52. The lowest BCUT2D eigenvalue weighted by atomic mass is 9.98. The highest BCUT2D eigenvalue weighted by Gasteiger charge is 2.40. The summed E-state index contributed by atoms with van der Waals surface area (Å²) in [5.41, 5.74) is 2.15. The van der Waals surface area contributed by atoms with Gasteiger partial charge in [0.25, 0.3) is 0 Å². The molecule has 118 valence electrons. The molecule has 1 fully saturated rings. The van der Waals surface area contributed by atoms with Crippen molar-refractivity contribution in [2.45, 2.75) is 39.3 Å². The van der Waals surface area contributed by atoms with Crippen LogP contribution < -0.4 is 0 Å². The molecule has 1 aliphatic rings. The van der Waals surface area contributed by atoms with E-state index in [4.69, 9.17) is 4.74 Å².